The summed E-state index contributed by atoms with van der Waals surface area (Å²) in [5.74, 6) is -3.17. The van der Waals surface area contributed by atoms with Crippen molar-refractivity contribution in [1.29, 1.82) is 0 Å². The van der Waals surface area contributed by atoms with E-state index in [4.69, 9.17) is 14.2 Å². The predicted molar refractivity (Wildman–Crippen MR) is 210 cm³/mol. The van der Waals surface area contributed by atoms with Crippen molar-refractivity contribution in [2.45, 2.75) is 121 Å². The molecule has 58 heavy (non-hydrogen) atoms. The summed E-state index contributed by atoms with van der Waals surface area (Å²) >= 11 is 0. The fraction of sp³-hybridized carbons (Fsp3) is 0.600. The first-order chi connectivity index (χ1) is 27.2. The number of hydrogen-bond donors (Lipinski definition) is 4. The summed E-state index contributed by atoms with van der Waals surface area (Å²) in [7, 11) is -3.97. The van der Waals surface area contributed by atoms with E-state index in [1.54, 1.807) is 20.8 Å². The van der Waals surface area contributed by atoms with Gasteiger partial charge in [-0.3, -0.25) is 24.0 Å². The fourth-order valence-electron chi connectivity index (χ4n) is 7.45. The summed E-state index contributed by atoms with van der Waals surface area (Å²) in [5.41, 5.74) is -0.119. The highest BCUT2D eigenvalue weighted by molar-refractivity contribution is 7.91. The predicted octanol–water partition coefficient (Wildman–Crippen LogP) is 3.23. The summed E-state index contributed by atoms with van der Waals surface area (Å²) in [4.78, 5) is 84.7. The van der Waals surface area contributed by atoms with Gasteiger partial charge in [-0.05, 0) is 75.0 Å². The van der Waals surface area contributed by atoms with E-state index in [0.717, 1.165) is 21.6 Å². The lowest BCUT2D eigenvalue weighted by Crippen LogP contribution is -2.59. The Morgan fingerprint density at radius 1 is 1.12 bits per heavy atom. The Kier molecular flexibility index (Phi) is 11.9. The van der Waals surface area contributed by atoms with Crippen LogP contribution in [0.25, 0.3) is 6.08 Å². The molecular weight excluding hydrogens is 773 g/mol. The van der Waals surface area contributed by atoms with Gasteiger partial charge in [0.25, 0.3) is 5.91 Å². The first-order valence-corrected chi connectivity index (χ1v) is 21.2. The number of ether oxygens (including phenoxy) is 3. The zero-order valence-electron chi connectivity index (χ0n) is 33.6. The number of carbonyl (C=O) groups excluding carboxylic acids is 6. The second-order valence-corrected chi connectivity index (χ2v) is 19.5. The molecule has 2 saturated carbocycles. The highest BCUT2D eigenvalue weighted by Gasteiger charge is 2.62. The van der Waals surface area contributed by atoms with Gasteiger partial charge in [0.05, 0.1) is 31.5 Å². The first kappa shape index (κ1) is 42.5. The smallest absolute Gasteiger partial charge is 0.410 e. The quantitative estimate of drug-likeness (QED) is 0.220. The number of amides is 6. The van der Waals surface area contributed by atoms with E-state index in [-0.39, 0.29) is 39.1 Å². The van der Waals surface area contributed by atoms with Crippen molar-refractivity contribution in [1.82, 2.24) is 30.5 Å². The molecule has 0 unspecified atom stereocenters. The van der Waals surface area contributed by atoms with E-state index in [1.807, 2.05) is 44.2 Å². The number of rotatable bonds is 8. The van der Waals surface area contributed by atoms with E-state index in [2.05, 4.69) is 27.3 Å². The third-order valence-corrected chi connectivity index (χ3v) is 12.8. The van der Waals surface area contributed by atoms with Crippen molar-refractivity contribution < 1.29 is 51.4 Å². The Labute approximate surface area is 338 Å². The number of fused-ring (bicyclic) bond motifs is 3. The minimum Gasteiger partial charge on any atom is -0.449 e. The van der Waals surface area contributed by atoms with Crippen LogP contribution in [0.4, 0.5) is 14.4 Å². The van der Waals surface area contributed by atoms with Gasteiger partial charge in [-0.1, -0.05) is 50.3 Å². The largest absolute Gasteiger partial charge is 0.449 e. The number of sulfonamides is 1. The molecule has 4 bridgehead atoms. The molecule has 3 heterocycles. The summed E-state index contributed by atoms with van der Waals surface area (Å²) in [6, 6.07) is 2.98. The van der Waals surface area contributed by atoms with E-state index in [9.17, 15) is 37.2 Å². The maximum absolute atomic E-state index is 14.5. The maximum Gasteiger partial charge on any atom is 0.410 e. The molecule has 4 N–H and O–H groups in total. The number of benzene rings is 1. The molecule has 17 nitrogen and oxygen atoms in total. The zero-order valence-corrected chi connectivity index (χ0v) is 34.4. The summed E-state index contributed by atoms with van der Waals surface area (Å²) in [6.07, 6.45) is 4.00. The van der Waals surface area contributed by atoms with Gasteiger partial charge in [0.1, 0.15) is 29.3 Å². The topological polar surface area (TPSA) is 219 Å². The third kappa shape index (κ3) is 9.93. The Bertz CT molecular complexity index is 1990. The summed E-state index contributed by atoms with van der Waals surface area (Å²) in [6.45, 7) is 12.4. The second kappa shape index (κ2) is 16.3. The number of allylic oxidation sites excluding steroid dienone is 1. The Morgan fingerprint density at radius 2 is 1.86 bits per heavy atom. The Balaban J connectivity index is 1.29. The maximum atomic E-state index is 14.5. The van der Waals surface area contributed by atoms with Crippen molar-refractivity contribution >= 4 is 52.1 Å². The van der Waals surface area contributed by atoms with E-state index < -0.39 is 98.5 Å². The Morgan fingerprint density at radius 3 is 2.53 bits per heavy atom. The highest BCUT2D eigenvalue weighted by Crippen LogP contribution is 2.45. The minimum absolute atomic E-state index is 0.000623. The number of nitrogens with one attached hydrogen (secondary N) is 4. The first-order valence-electron chi connectivity index (χ1n) is 19.6. The molecule has 0 radical (unpaired) electrons. The Hall–Kier alpha value is -5.13. The van der Waals surface area contributed by atoms with Crippen LogP contribution in [0.1, 0.15) is 89.8 Å². The van der Waals surface area contributed by atoms with Crippen molar-refractivity contribution in [3.05, 3.63) is 53.6 Å². The molecule has 6 amide bonds. The molecule has 0 aromatic heterocycles. The number of carbonyl (C=O) groups is 6. The van der Waals surface area contributed by atoms with E-state index >= 15 is 0 Å². The zero-order chi connectivity index (χ0) is 42.2. The van der Waals surface area contributed by atoms with Gasteiger partial charge < -0.3 is 35.1 Å². The molecule has 1 saturated heterocycles. The van der Waals surface area contributed by atoms with Crippen LogP contribution in [0.2, 0.25) is 0 Å². The average molecular weight is 827 g/mol. The van der Waals surface area contributed by atoms with Crippen molar-refractivity contribution in [2.24, 2.45) is 11.3 Å². The van der Waals surface area contributed by atoms with Crippen LogP contribution >= 0.6 is 0 Å². The number of alkyl carbamates (subject to hydrolysis) is 2. The van der Waals surface area contributed by atoms with Gasteiger partial charge in [0.2, 0.25) is 21.8 Å². The molecular formula is C40H54N6O11S. The molecule has 6 rings (SSSR count). The van der Waals surface area contributed by atoms with Crippen LogP contribution in [0.3, 0.4) is 0 Å². The monoisotopic (exact) mass is 826 g/mol. The lowest BCUT2D eigenvalue weighted by molar-refractivity contribution is -0.141. The second-order valence-electron chi connectivity index (χ2n) is 17.5. The molecule has 0 spiro atoms. The molecule has 5 aliphatic rings. The van der Waals surface area contributed by atoms with Crippen LogP contribution < -0.4 is 20.7 Å². The number of nitrogens with zero attached hydrogens (tertiary/aromatic N) is 2. The molecule has 5 atom stereocenters. The van der Waals surface area contributed by atoms with Gasteiger partial charge in [0, 0.05) is 18.9 Å². The fourth-order valence-corrected chi connectivity index (χ4v) is 8.81. The van der Waals surface area contributed by atoms with Crippen molar-refractivity contribution in [3.8, 4) is 0 Å². The summed E-state index contributed by atoms with van der Waals surface area (Å²) in [5, 5.41) is 7.03. The lowest BCUT2D eigenvalue weighted by atomic mass is 9.88. The molecule has 316 valence electrons. The van der Waals surface area contributed by atoms with Crippen LogP contribution in [-0.2, 0) is 51.7 Å². The SMILES string of the molecule is C=C[C@@H]1C[C@]1(NC(=O)[C@@H]1C[C@@H]2CN1C(=O)[C@H](CNC(=O)OC(C)(C)C)NC(=O)OCC(C)(C)CCC=Cc1cccc3c1CN(C3)C(=O)O2)C(=O)NS(=O)(=O)C1CC1. The van der Waals surface area contributed by atoms with Gasteiger partial charge in [0.15, 0.2) is 0 Å². The molecule has 3 fully saturated rings. The van der Waals surface area contributed by atoms with Crippen molar-refractivity contribution in [2.75, 3.05) is 19.7 Å². The van der Waals surface area contributed by atoms with Gasteiger partial charge in [-0.15, -0.1) is 6.58 Å². The average Bonchev–Trinajstić information content (AvgIpc) is 4.03. The molecule has 18 heteroatoms. The van der Waals surface area contributed by atoms with Gasteiger partial charge in [-0.2, -0.15) is 0 Å². The normalized spacial score (nSPS) is 27.4. The van der Waals surface area contributed by atoms with Gasteiger partial charge in [-0.25, -0.2) is 22.8 Å². The van der Waals surface area contributed by atoms with Crippen LogP contribution in [-0.4, -0.2) is 108 Å². The molecule has 1 aromatic rings. The van der Waals surface area contributed by atoms with Gasteiger partial charge >= 0.3 is 18.3 Å². The number of hydrogen-bond acceptors (Lipinski definition) is 11. The van der Waals surface area contributed by atoms with Crippen LogP contribution in [0.5, 0.6) is 0 Å². The number of cyclic esters (lactones) is 1. The van der Waals surface area contributed by atoms with E-state index in [0.29, 0.717) is 25.7 Å². The molecule has 1 aromatic carbocycles. The van der Waals surface area contributed by atoms with Crippen molar-refractivity contribution in [3.63, 3.8) is 0 Å². The molecule has 3 aliphatic heterocycles. The standard InChI is InChI=1S/C40H54N6O11S/c1-7-26-18-40(26,34(49)44-58(53,54)28-14-15-28)43-32(47)31-17-27-21-46(31)33(48)30(19-41-35(50)57-38(2,3)4)42-36(51)55-23-39(5,6)16-9-8-11-24-12-10-13-25-20-45(22-29(24)25)37(52)56-27/h7-8,10-13,26-28,30-31H,1,9,14-23H2,2-6H3,(H,41,50)(H,42,51)(H,43,47)(H,44,49)/t26-,27-,30+,31+,40-/m1/s1. The van der Waals surface area contributed by atoms with Crippen LogP contribution in [0, 0.1) is 11.3 Å². The minimum atomic E-state index is -3.97. The summed E-state index contributed by atoms with van der Waals surface area (Å²) < 4.78 is 44.4. The molecule has 2 aliphatic carbocycles. The van der Waals surface area contributed by atoms with Crippen LogP contribution in [0.15, 0.2) is 36.9 Å². The lowest BCUT2D eigenvalue weighted by Gasteiger charge is -2.30. The highest BCUT2D eigenvalue weighted by atomic mass is 32.2. The van der Waals surface area contributed by atoms with E-state index in [1.165, 1.54) is 11.0 Å². The third-order valence-electron chi connectivity index (χ3n) is 11.0.